The van der Waals surface area contributed by atoms with Gasteiger partial charge in [-0.15, -0.1) is 0 Å². The maximum absolute atomic E-state index is 10.2. The van der Waals surface area contributed by atoms with Gasteiger partial charge in [0.1, 0.15) is 12.1 Å². The van der Waals surface area contributed by atoms with Crippen molar-refractivity contribution in [1.82, 2.24) is 0 Å². The molecule has 0 spiro atoms. The van der Waals surface area contributed by atoms with E-state index in [1.807, 2.05) is 27.7 Å². The number of hydrogen-bond donors (Lipinski definition) is 0. The van der Waals surface area contributed by atoms with Gasteiger partial charge in [0.2, 0.25) is 0 Å². The Morgan fingerprint density at radius 1 is 1.27 bits per heavy atom. The SMILES string of the molecule is CC(C)C=O.CCC(=O)CC. The minimum atomic E-state index is 0.204. The Kier molecular flexibility index (Phi) is 11.0. The van der Waals surface area contributed by atoms with E-state index in [2.05, 4.69) is 0 Å². The Morgan fingerprint density at radius 3 is 1.55 bits per heavy atom. The highest BCUT2D eigenvalue weighted by Crippen LogP contribution is 1.83. The monoisotopic (exact) mass is 158 g/mol. The van der Waals surface area contributed by atoms with E-state index in [0.29, 0.717) is 18.6 Å². The molecule has 0 heterocycles. The molecule has 0 aromatic heterocycles. The summed E-state index contributed by atoms with van der Waals surface area (Å²) >= 11 is 0. The fourth-order valence-electron chi connectivity index (χ4n) is 0.250. The van der Waals surface area contributed by atoms with Crippen molar-refractivity contribution in [2.24, 2.45) is 5.92 Å². The van der Waals surface area contributed by atoms with Crippen molar-refractivity contribution >= 4 is 12.1 Å². The van der Waals surface area contributed by atoms with Gasteiger partial charge in [0.25, 0.3) is 0 Å². The fraction of sp³-hybridized carbons (Fsp3) is 0.778. The second-order valence-electron chi connectivity index (χ2n) is 2.63. The van der Waals surface area contributed by atoms with Crippen LogP contribution >= 0.6 is 0 Å². The Bertz CT molecular complexity index is 100. The third-order valence-corrected chi connectivity index (χ3v) is 1.06. The molecule has 66 valence electrons. The average Bonchev–Trinajstić information content (AvgIpc) is 2.04. The van der Waals surface area contributed by atoms with E-state index >= 15 is 0 Å². The van der Waals surface area contributed by atoms with Gasteiger partial charge in [0.15, 0.2) is 0 Å². The van der Waals surface area contributed by atoms with Crippen LogP contribution in [0, 0.1) is 5.92 Å². The smallest absolute Gasteiger partial charge is 0.132 e. The summed E-state index contributed by atoms with van der Waals surface area (Å²) in [7, 11) is 0. The van der Waals surface area contributed by atoms with E-state index < -0.39 is 0 Å². The van der Waals surface area contributed by atoms with E-state index in [1.54, 1.807) is 0 Å². The second-order valence-corrected chi connectivity index (χ2v) is 2.63. The molecule has 0 radical (unpaired) electrons. The lowest BCUT2D eigenvalue weighted by atomic mass is 10.3. The van der Waals surface area contributed by atoms with E-state index in [-0.39, 0.29) is 5.92 Å². The first-order valence-corrected chi connectivity index (χ1v) is 4.05. The third-order valence-electron chi connectivity index (χ3n) is 1.06. The molecule has 0 unspecified atom stereocenters. The van der Waals surface area contributed by atoms with Crippen LogP contribution in [0.4, 0.5) is 0 Å². The molecular weight excluding hydrogens is 140 g/mol. The van der Waals surface area contributed by atoms with Gasteiger partial charge in [-0.2, -0.15) is 0 Å². The molecule has 0 aliphatic rings. The number of carbonyl (C=O) groups excluding carboxylic acids is 2. The molecule has 2 nitrogen and oxygen atoms in total. The zero-order valence-corrected chi connectivity index (χ0v) is 7.89. The minimum Gasteiger partial charge on any atom is -0.303 e. The predicted molar refractivity (Wildman–Crippen MR) is 46.5 cm³/mol. The van der Waals surface area contributed by atoms with Crippen LogP contribution < -0.4 is 0 Å². The number of carbonyl (C=O) groups is 2. The van der Waals surface area contributed by atoms with Crippen molar-refractivity contribution in [2.75, 3.05) is 0 Å². The summed E-state index contributed by atoms with van der Waals surface area (Å²) in [5, 5.41) is 0. The van der Waals surface area contributed by atoms with Crippen LogP contribution in [0.15, 0.2) is 0 Å². The largest absolute Gasteiger partial charge is 0.303 e. The first kappa shape index (κ1) is 13.0. The van der Waals surface area contributed by atoms with E-state index in [0.717, 1.165) is 6.29 Å². The Hall–Kier alpha value is -0.660. The average molecular weight is 158 g/mol. The standard InChI is InChI=1S/C5H10O.C4H8O/c1-3-5(6)4-2;1-4(2)3-5/h3-4H2,1-2H3;3-4H,1-2H3. The maximum Gasteiger partial charge on any atom is 0.132 e. The lowest BCUT2D eigenvalue weighted by Crippen LogP contribution is -1.88. The van der Waals surface area contributed by atoms with Crippen LogP contribution in [0.2, 0.25) is 0 Å². The summed E-state index contributed by atoms with van der Waals surface area (Å²) in [6, 6.07) is 0. The van der Waals surface area contributed by atoms with Gasteiger partial charge in [-0.25, -0.2) is 0 Å². The summed E-state index contributed by atoms with van der Waals surface area (Å²) in [5.41, 5.74) is 0. The minimum absolute atomic E-state index is 0.204. The fourth-order valence-corrected chi connectivity index (χ4v) is 0.250. The van der Waals surface area contributed by atoms with Crippen LogP contribution in [-0.2, 0) is 9.59 Å². The summed E-state index contributed by atoms with van der Waals surface area (Å²) < 4.78 is 0. The summed E-state index contributed by atoms with van der Waals surface area (Å²) in [5.74, 6) is 0.546. The molecule has 0 saturated heterocycles. The third kappa shape index (κ3) is 17.6. The van der Waals surface area contributed by atoms with Crippen LogP contribution in [0.3, 0.4) is 0 Å². The molecule has 0 aliphatic heterocycles. The number of hydrogen-bond acceptors (Lipinski definition) is 2. The van der Waals surface area contributed by atoms with Gasteiger partial charge in [0, 0.05) is 18.8 Å². The summed E-state index contributed by atoms with van der Waals surface area (Å²) in [4.78, 5) is 19.7. The molecule has 0 bridgehead atoms. The predicted octanol–water partition coefficient (Wildman–Crippen LogP) is 2.22. The first-order valence-electron chi connectivity index (χ1n) is 4.05. The Labute approximate surface area is 69.0 Å². The van der Waals surface area contributed by atoms with Crippen molar-refractivity contribution in [3.8, 4) is 0 Å². The van der Waals surface area contributed by atoms with Gasteiger partial charge in [0.05, 0.1) is 0 Å². The molecular formula is C9H18O2. The number of rotatable bonds is 3. The quantitative estimate of drug-likeness (QED) is 0.590. The van der Waals surface area contributed by atoms with E-state index in [1.165, 1.54) is 0 Å². The lowest BCUT2D eigenvalue weighted by Gasteiger charge is -1.81. The number of aldehydes is 1. The van der Waals surface area contributed by atoms with Gasteiger partial charge in [-0.3, -0.25) is 4.79 Å². The molecule has 0 saturated carbocycles. The zero-order valence-electron chi connectivity index (χ0n) is 7.89. The van der Waals surface area contributed by atoms with Crippen molar-refractivity contribution in [2.45, 2.75) is 40.5 Å². The van der Waals surface area contributed by atoms with Crippen molar-refractivity contribution in [3.63, 3.8) is 0 Å². The molecule has 2 heteroatoms. The molecule has 0 atom stereocenters. The lowest BCUT2D eigenvalue weighted by molar-refractivity contribution is -0.118. The molecule has 0 aliphatic carbocycles. The maximum atomic E-state index is 10.2. The normalized spacial score (nSPS) is 8.45. The van der Waals surface area contributed by atoms with Gasteiger partial charge >= 0.3 is 0 Å². The molecule has 0 aromatic carbocycles. The Balaban J connectivity index is 0. The highest BCUT2D eigenvalue weighted by Gasteiger charge is 1.86. The second kappa shape index (κ2) is 9.34. The highest BCUT2D eigenvalue weighted by molar-refractivity contribution is 5.77. The van der Waals surface area contributed by atoms with E-state index in [9.17, 15) is 9.59 Å². The van der Waals surface area contributed by atoms with Crippen molar-refractivity contribution < 1.29 is 9.59 Å². The first-order chi connectivity index (χ1) is 5.08. The molecule has 0 N–H and O–H groups in total. The van der Waals surface area contributed by atoms with Crippen LogP contribution in [0.1, 0.15) is 40.5 Å². The highest BCUT2D eigenvalue weighted by atomic mass is 16.1. The number of ketones is 1. The van der Waals surface area contributed by atoms with Crippen LogP contribution in [0.25, 0.3) is 0 Å². The van der Waals surface area contributed by atoms with Crippen LogP contribution in [-0.4, -0.2) is 12.1 Å². The Morgan fingerprint density at radius 2 is 1.55 bits per heavy atom. The molecule has 11 heavy (non-hydrogen) atoms. The zero-order chi connectivity index (χ0) is 9.28. The van der Waals surface area contributed by atoms with E-state index in [4.69, 9.17) is 0 Å². The van der Waals surface area contributed by atoms with Gasteiger partial charge < -0.3 is 4.79 Å². The molecule has 0 aromatic rings. The summed E-state index contributed by atoms with van der Waals surface area (Å²) in [6.07, 6.45) is 2.30. The van der Waals surface area contributed by atoms with Gasteiger partial charge in [-0.1, -0.05) is 27.7 Å². The topological polar surface area (TPSA) is 34.1 Å². The molecule has 0 fully saturated rings. The molecule has 0 amide bonds. The summed E-state index contributed by atoms with van der Waals surface area (Å²) in [6.45, 7) is 7.47. The van der Waals surface area contributed by atoms with Crippen molar-refractivity contribution in [1.29, 1.82) is 0 Å². The van der Waals surface area contributed by atoms with Crippen LogP contribution in [0.5, 0.6) is 0 Å². The molecule has 0 rings (SSSR count). The number of Topliss-reactive ketones (excluding diaryl/α,β-unsaturated/α-hetero) is 1. The van der Waals surface area contributed by atoms with Gasteiger partial charge in [-0.05, 0) is 0 Å². The van der Waals surface area contributed by atoms with Crippen molar-refractivity contribution in [3.05, 3.63) is 0 Å².